The minimum atomic E-state index is -4.65. The molecule has 0 N–H and O–H groups in total. The Morgan fingerprint density at radius 2 is 1.75 bits per heavy atom. The minimum Gasteiger partial charge on any atom is -0.492 e. The number of morpholine rings is 1. The Hall–Kier alpha value is -3.31. The second-order valence-electron chi connectivity index (χ2n) is 11.0. The van der Waals surface area contributed by atoms with Crippen LogP contribution in [0.3, 0.4) is 0 Å². The fraction of sp³-hybridized carbons (Fsp3) is 0.517. The van der Waals surface area contributed by atoms with Gasteiger partial charge in [0.25, 0.3) is 5.91 Å². The van der Waals surface area contributed by atoms with Crippen molar-refractivity contribution in [1.29, 1.82) is 0 Å². The number of amides is 1. The van der Waals surface area contributed by atoms with Crippen LogP contribution in [0.1, 0.15) is 54.9 Å². The molecular weight excluding hydrogens is 527 g/mol. The lowest BCUT2D eigenvalue weighted by Gasteiger charge is -2.30. The Morgan fingerprint density at radius 3 is 2.35 bits per heavy atom. The predicted molar refractivity (Wildman–Crippen MR) is 143 cm³/mol. The van der Waals surface area contributed by atoms with Gasteiger partial charge in [-0.25, -0.2) is 4.79 Å². The van der Waals surface area contributed by atoms with E-state index in [4.69, 9.17) is 14.2 Å². The van der Waals surface area contributed by atoms with Crippen LogP contribution in [0, 0.1) is 0 Å². The summed E-state index contributed by atoms with van der Waals surface area (Å²) < 4.78 is 60.2. The number of ether oxygens (including phenoxy) is 3. The molecule has 1 saturated heterocycles. The van der Waals surface area contributed by atoms with Gasteiger partial charge in [-0.1, -0.05) is 13.8 Å². The first-order chi connectivity index (χ1) is 18.8. The van der Waals surface area contributed by atoms with E-state index >= 15 is 0 Å². The van der Waals surface area contributed by atoms with Crippen molar-refractivity contribution in [1.82, 2.24) is 14.4 Å². The molecule has 3 heterocycles. The van der Waals surface area contributed by atoms with E-state index in [0.29, 0.717) is 31.1 Å². The molecule has 2 aliphatic heterocycles. The maximum Gasteiger partial charge on any atom is 0.418 e. The van der Waals surface area contributed by atoms with Gasteiger partial charge in [-0.05, 0) is 43.7 Å². The van der Waals surface area contributed by atoms with Gasteiger partial charge in [0, 0.05) is 56.6 Å². The van der Waals surface area contributed by atoms with E-state index in [9.17, 15) is 22.8 Å². The van der Waals surface area contributed by atoms with Crippen LogP contribution in [0.25, 0.3) is 5.57 Å². The summed E-state index contributed by atoms with van der Waals surface area (Å²) in [5.74, 6) is -0.658. The number of aromatic nitrogens is 1. The standard InChI is InChI=1S/C29H36F3N3O5/c1-19(2)40-27(37)22-16-35(18-28(3,4)24-23(29(30,31)32)17-33(5)25(22)24)26(36)20-6-8-21(9-7-20)39-15-12-34-10-13-38-14-11-34/h6-9,16-17,19H,10-15,18H2,1-5H3. The maximum atomic E-state index is 14.1. The van der Waals surface area contributed by atoms with Gasteiger partial charge in [0.2, 0.25) is 0 Å². The number of fused-ring (bicyclic) bond motifs is 1. The number of alkyl halides is 3. The van der Waals surface area contributed by atoms with Crippen LogP contribution in [0.15, 0.2) is 36.7 Å². The van der Waals surface area contributed by atoms with Crippen molar-refractivity contribution in [2.45, 2.75) is 45.4 Å². The number of rotatable bonds is 7. The molecule has 0 unspecified atom stereocenters. The zero-order chi connectivity index (χ0) is 29.2. The molecule has 0 aliphatic carbocycles. The van der Waals surface area contributed by atoms with Crippen LogP contribution in [0.5, 0.6) is 5.75 Å². The number of halogens is 3. The summed E-state index contributed by atoms with van der Waals surface area (Å²) in [6.45, 7) is 10.9. The van der Waals surface area contributed by atoms with Crippen molar-refractivity contribution in [3.8, 4) is 5.75 Å². The van der Waals surface area contributed by atoms with Crippen LogP contribution in [0.2, 0.25) is 0 Å². The van der Waals surface area contributed by atoms with Gasteiger partial charge in [0.15, 0.2) is 0 Å². The molecule has 8 nitrogen and oxygen atoms in total. The minimum absolute atomic E-state index is 0.0474. The van der Waals surface area contributed by atoms with Crippen LogP contribution < -0.4 is 4.74 Å². The van der Waals surface area contributed by atoms with Crippen molar-refractivity contribution in [3.63, 3.8) is 0 Å². The molecule has 0 bridgehead atoms. The summed E-state index contributed by atoms with van der Waals surface area (Å²) in [7, 11) is 1.45. The third-order valence-electron chi connectivity index (χ3n) is 6.97. The number of benzene rings is 1. The van der Waals surface area contributed by atoms with Crippen molar-refractivity contribution in [2.24, 2.45) is 7.05 Å². The lowest BCUT2D eigenvalue weighted by molar-refractivity contribution is -0.140. The van der Waals surface area contributed by atoms with E-state index in [-0.39, 0.29) is 23.4 Å². The first-order valence-corrected chi connectivity index (χ1v) is 13.3. The fourth-order valence-electron chi connectivity index (χ4n) is 5.15. The molecule has 40 heavy (non-hydrogen) atoms. The van der Waals surface area contributed by atoms with Crippen LogP contribution >= 0.6 is 0 Å². The SMILES string of the molecule is CC(C)OC(=O)C1=CN(C(=O)c2ccc(OCCN3CCOCC3)cc2)CC(C)(C)c2c(C(F)(F)F)cn(C)c21. The second-order valence-corrected chi connectivity index (χ2v) is 11.0. The third kappa shape index (κ3) is 6.52. The van der Waals surface area contributed by atoms with Crippen molar-refractivity contribution >= 4 is 17.4 Å². The summed E-state index contributed by atoms with van der Waals surface area (Å²) >= 11 is 0. The Balaban J connectivity index is 1.61. The van der Waals surface area contributed by atoms with E-state index in [1.807, 2.05) is 0 Å². The number of esters is 1. The summed E-state index contributed by atoms with van der Waals surface area (Å²) in [5.41, 5.74) is -1.74. The fourth-order valence-corrected chi connectivity index (χ4v) is 5.15. The van der Waals surface area contributed by atoms with Gasteiger partial charge in [-0.15, -0.1) is 0 Å². The third-order valence-corrected chi connectivity index (χ3v) is 6.97. The quantitative estimate of drug-likeness (QED) is 0.463. The first kappa shape index (κ1) is 29.7. The molecule has 218 valence electrons. The van der Waals surface area contributed by atoms with E-state index in [0.717, 1.165) is 25.8 Å². The van der Waals surface area contributed by atoms with Crippen LogP contribution in [-0.2, 0) is 32.9 Å². The lowest BCUT2D eigenvalue weighted by atomic mass is 9.81. The van der Waals surface area contributed by atoms with Gasteiger partial charge in [-0.3, -0.25) is 9.69 Å². The number of nitrogens with zero attached hydrogens (tertiary/aromatic N) is 3. The molecule has 0 atom stereocenters. The van der Waals surface area contributed by atoms with E-state index < -0.39 is 35.1 Å². The van der Waals surface area contributed by atoms with Crippen molar-refractivity contribution in [2.75, 3.05) is 46.0 Å². The highest BCUT2D eigenvalue weighted by Crippen LogP contribution is 2.45. The molecular formula is C29H36F3N3O5. The van der Waals surface area contributed by atoms with Gasteiger partial charge < -0.3 is 23.7 Å². The highest BCUT2D eigenvalue weighted by molar-refractivity contribution is 6.17. The normalized spacial score (nSPS) is 17.7. The van der Waals surface area contributed by atoms with Gasteiger partial charge in [0.05, 0.1) is 36.1 Å². The van der Waals surface area contributed by atoms with Crippen LogP contribution in [0.4, 0.5) is 13.2 Å². The monoisotopic (exact) mass is 563 g/mol. The molecule has 1 amide bonds. The summed E-state index contributed by atoms with van der Waals surface area (Å²) in [5, 5.41) is 0. The molecule has 0 spiro atoms. The van der Waals surface area contributed by atoms with Gasteiger partial charge >= 0.3 is 12.1 Å². The zero-order valence-corrected chi connectivity index (χ0v) is 23.5. The molecule has 1 aromatic heterocycles. The van der Waals surface area contributed by atoms with Crippen LogP contribution in [-0.4, -0.2) is 78.3 Å². The molecule has 2 aliphatic rings. The van der Waals surface area contributed by atoms with Crippen molar-refractivity contribution < 1.29 is 37.0 Å². The Morgan fingerprint density at radius 1 is 1.10 bits per heavy atom. The second kappa shape index (κ2) is 11.7. The number of carbonyl (C=O) groups excluding carboxylic acids is 2. The maximum absolute atomic E-state index is 14.1. The number of carbonyl (C=O) groups is 2. The summed E-state index contributed by atoms with van der Waals surface area (Å²) in [6.07, 6.45) is -2.85. The molecule has 1 aromatic carbocycles. The Kier molecular flexibility index (Phi) is 8.65. The van der Waals surface area contributed by atoms with E-state index in [2.05, 4.69) is 4.90 Å². The smallest absolute Gasteiger partial charge is 0.418 e. The predicted octanol–water partition coefficient (Wildman–Crippen LogP) is 4.48. The zero-order valence-electron chi connectivity index (χ0n) is 23.5. The van der Waals surface area contributed by atoms with Gasteiger partial charge in [-0.2, -0.15) is 13.2 Å². The molecule has 1 fully saturated rings. The first-order valence-electron chi connectivity index (χ1n) is 13.3. The number of hydrogen-bond donors (Lipinski definition) is 0. The molecule has 11 heteroatoms. The average molecular weight is 564 g/mol. The van der Waals surface area contributed by atoms with Crippen molar-refractivity contribution in [3.05, 3.63) is 59.0 Å². The largest absolute Gasteiger partial charge is 0.492 e. The lowest BCUT2D eigenvalue weighted by Crippen LogP contribution is -2.38. The average Bonchev–Trinajstić information content (AvgIpc) is 3.19. The Labute approximate surface area is 232 Å². The molecule has 0 saturated carbocycles. The molecule has 2 aromatic rings. The summed E-state index contributed by atoms with van der Waals surface area (Å²) in [4.78, 5) is 30.3. The van der Waals surface area contributed by atoms with E-state index in [1.165, 1.54) is 22.7 Å². The number of hydrogen-bond acceptors (Lipinski definition) is 6. The van der Waals surface area contributed by atoms with E-state index in [1.54, 1.807) is 52.0 Å². The Bertz CT molecular complexity index is 1260. The summed E-state index contributed by atoms with van der Waals surface area (Å²) in [6, 6.07) is 6.59. The molecule has 4 rings (SSSR count). The highest BCUT2D eigenvalue weighted by Gasteiger charge is 2.45. The van der Waals surface area contributed by atoms with Gasteiger partial charge in [0.1, 0.15) is 12.4 Å². The molecule has 0 radical (unpaired) electrons. The highest BCUT2D eigenvalue weighted by atomic mass is 19.4. The topological polar surface area (TPSA) is 73.2 Å². The number of aryl methyl sites for hydroxylation is 1.